The molecule has 8 nitrogen and oxygen atoms in total. The number of aromatic nitrogens is 3. The van der Waals surface area contributed by atoms with Gasteiger partial charge in [-0.3, -0.25) is 15.6 Å². The molecule has 0 saturated heterocycles. The van der Waals surface area contributed by atoms with E-state index in [1.807, 2.05) is 33.8 Å². The number of hydrazine groups is 1. The van der Waals surface area contributed by atoms with Crippen molar-refractivity contribution in [1.82, 2.24) is 20.6 Å². The molecule has 1 amide bonds. The van der Waals surface area contributed by atoms with Gasteiger partial charge < -0.3 is 9.26 Å². The van der Waals surface area contributed by atoms with Crippen LogP contribution in [0.4, 0.5) is 5.95 Å². The average molecular weight is 367 g/mol. The van der Waals surface area contributed by atoms with Gasteiger partial charge in [0, 0.05) is 11.4 Å². The van der Waals surface area contributed by atoms with Crippen LogP contribution in [0.3, 0.4) is 0 Å². The Morgan fingerprint density at radius 3 is 2.48 bits per heavy atom. The quantitative estimate of drug-likeness (QED) is 0.646. The van der Waals surface area contributed by atoms with E-state index in [0.717, 1.165) is 22.6 Å². The number of aryl methyl sites for hydroxylation is 4. The molecule has 140 valence electrons. The van der Waals surface area contributed by atoms with Crippen molar-refractivity contribution < 1.29 is 14.1 Å². The van der Waals surface area contributed by atoms with E-state index in [-0.39, 0.29) is 12.5 Å². The van der Waals surface area contributed by atoms with Crippen LogP contribution < -0.4 is 15.6 Å². The highest BCUT2D eigenvalue weighted by molar-refractivity contribution is 5.97. The molecule has 2 heterocycles. The number of ether oxygens (including phenoxy) is 1. The van der Waals surface area contributed by atoms with Crippen LogP contribution in [0, 0.1) is 27.7 Å². The van der Waals surface area contributed by atoms with Crippen LogP contribution in [-0.4, -0.2) is 21.0 Å². The van der Waals surface area contributed by atoms with E-state index in [1.54, 1.807) is 24.3 Å². The van der Waals surface area contributed by atoms with Crippen LogP contribution >= 0.6 is 0 Å². The van der Waals surface area contributed by atoms with E-state index < -0.39 is 0 Å². The minimum Gasteiger partial charge on any atom is -0.488 e. The van der Waals surface area contributed by atoms with E-state index in [4.69, 9.17) is 9.26 Å². The molecule has 0 radical (unpaired) electrons. The van der Waals surface area contributed by atoms with Crippen LogP contribution in [0.2, 0.25) is 0 Å². The zero-order valence-corrected chi connectivity index (χ0v) is 15.7. The Balaban J connectivity index is 1.70. The third-order valence-electron chi connectivity index (χ3n) is 3.96. The second-order valence-corrected chi connectivity index (χ2v) is 6.14. The van der Waals surface area contributed by atoms with Crippen molar-refractivity contribution in [3.63, 3.8) is 0 Å². The van der Waals surface area contributed by atoms with E-state index in [1.165, 1.54) is 0 Å². The summed E-state index contributed by atoms with van der Waals surface area (Å²) in [5.74, 6) is 1.13. The van der Waals surface area contributed by atoms with Crippen LogP contribution in [0.15, 0.2) is 34.9 Å². The summed E-state index contributed by atoms with van der Waals surface area (Å²) >= 11 is 0. The zero-order valence-electron chi connectivity index (χ0n) is 15.7. The lowest BCUT2D eigenvalue weighted by molar-refractivity contribution is 0.0957. The number of amides is 1. The molecular formula is C19H21N5O3. The molecule has 0 bridgehead atoms. The van der Waals surface area contributed by atoms with E-state index >= 15 is 0 Å². The van der Waals surface area contributed by atoms with Gasteiger partial charge in [0.25, 0.3) is 5.91 Å². The van der Waals surface area contributed by atoms with Crippen molar-refractivity contribution in [2.24, 2.45) is 0 Å². The van der Waals surface area contributed by atoms with Crippen molar-refractivity contribution in [3.05, 3.63) is 64.3 Å². The molecule has 2 aromatic heterocycles. The Hall–Kier alpha value is -3.42. The van der Waals surface area contributed by atoms with Gasteiger partial charge in [0.05, 0.1) is 16.8 Å². The first-order valence-electron chi connectivity index (χ1n) is 8.46. The molecule has 0 saturated carbocycles. The number of hydrogen-bond acceptors (Lipinski definition) is 7. The number of nitrogens with zero attached hydrogens (tertiary/aromatic N) is 3. The molecule has 0 aliphatic heterocycles. The number of rotatable bonds is 6. The molecule has 27 heavy (non-hydrogen) atoms. The Bertz CT molecular complexity index is 928. The van der Waals surface area contributed by atoms with Crippen molar-refractivity contribution in [1.29, 1.82) is 0 Å². The van der Waals surface area contributed by atoms with Gasteiger partial charge in [0.15, 0.2) is 0 Å². The lowest BCUT2D eigenvalue weighted by atomic mass is 10.2. The normalized spacial score (nSPS) is 10.5. The first-order chi connectivity index (χ1) is 12.9. The van der Waals surface area contributed by atoms with Gasteiger partial charge in [0.1, 0.15) is 18.1 Å². The van der Waals surface area contributed by atoms with Gasteiger partial charge in [-0.2, -0.15) is 0 Å². The van der Waals surface area contributed by atoms with Crippen molar-refractivity contribution in [2.75, 3.05) is 5.43 Å². The van der Waals surface area contributed by atoms with Gasteiger partial charge in [-0.1, -0.05) is 17.3 Å². The van der Waals surface area contributed by atoms with Crippen LogP contribution in [0.5, 0.6) is 5.75 Å². The number of benzene rings is 1. The Morgan fingerprint density at radius 1 is 1.11 bits per heavy atom. The Kier molecular flexibility index (Phi) is 5.35. The summed E-state index contributed by atoms with van der Waals surface area (Å²) in [6.07, 6.45) is 0. The second kappa shape index (κ2) is 7.86. The minimum absolute atomic E-state index is 0.263. The number of anilines is 1. The third-order valence-corrected chi connectivity index (χ3v) is 3.96. The molecule has 1 aromatic carbocycles. The summed E-state index contributed by atoms with van der Waals surface area (Å²) in [6, 6.07) is 8.85. The summed E-state index contributed by atoms with van der Waals surface area (Å²) < 4.78 is 11.0. The molecule has 0 atom stereocenters. The predicted molar refractivity (Wildman–Crippen MR) is 99.3 cm³/mol. The van der Waals surface area contributed by atoms with Crippen molar-refractivity contribution in [3.8, 4) is 5.75 Å². The fraction of sp³-hybridized carbons (Fsp3) is 0.263. The summed E-state index contributed by atoms with van der Waals surface area (Å²) in [4.78, 5) is 21.0. The summed E-state index contributed by atoms with van der Waals surface area (Å²) in [7, 11) is 0. The molecule has 3 rings (SSSR count). The SMILES string of the molecule is Cc1cc(C)nc(NNC(=O)c2ccccc2OCc2c(C)noc2C)n1. The summed E-state index contributed by atoms with van der Waals surface area (Å²) in [6.45, 7) is 7.66. The lowest BCUT2D eigenvalue weighted by Crippen LogP contribution is -2.30. The predicted octanol–water partition coefficient (Wildman–Crippen LogP) is 3.03. The fourth-order valence-corrected chi connectivity index (χ4v) is 2.60. The average Bonchev–Trinajstić information content (AvgIpc) is 2.95. The summed E-state index contributed by atoms with van der Waals surface area (Å²) in [5, 5.41) is 3.90. The zero-order chi connectivity index (χ0) is 19.4. The molecule has 8 heteroatoms. The third kappa shape index (κ3) is 4.41. The molecule has 0 spiro atoms. The number of carbonyl (C=O) groups excluding carboxylic acids is 1. The van der Waals surface area contributed by atoms with Gasteiger partial charge >= 0.3 is 0 Å². The molecule has 0 unspecified atom stereocenters. The number of nitrogens with one attached hydrogen (secondary N) is 2. The monoisotopic (exact) mass is 367 g/mol. The van der Waals surface area contributed by atoms with Crippen molar-refractivity contribution in [2.45, 2.75) is 34.3 Å². The molecule has 0 aliphatic carbocycles. The van der Waals surface area contributed by atoms with Gasteiger partial charge in [-0.15, -0.1) is 0 Å². The molecule has 2 N–H and O–H groups in total. The number of hydrogen-bond donors (Lipinski definition) is 2. The molecular weight excluding hydrogens is 346 g/mol. The lowest BCUT2D eigenvalue weighted by Gasteiger charge is -2.12. The van der Waals surface area contributed by atoms with Gasteiger partial charge in [0.2, 0.25) is 5.95 Å². The first kappa shape index (κ1) is 18.4. The molecule has 0 fully saturated rings. The summed E-state index contributed by atoms with van der Waals surface area (Å²) in [5.41, 5.74) is 8.98. The van der Waals surface area contributed by atoms with Gasteiger partial charge in [-0.05, 0) is 45.9 Å². The minimum atomic E-state index is -0.355. The Labute approximate surface area is 156 Å². The first-order valence-corrected chi connectivity index (χ1v) is 8.46. The maximum absolute atomic E-state index is 12.6. The molecule has 0 aliphatic rings. The van der Waals surface area contributed by atoms with Crippen molar-refractivity contribution >= 4 is 11.9 Å². The topological polar surface area (TPSA) is 102 Å². The number of para-hydroxylation sites is 1. The van der Waals surface area contributed by atoms with Crippen LogP contribution in [0.25, 0.3) is 0 Å². The molecule has 3 aromatic rings. The van der Waals surface area contributed by atoms with Crippen LogP contribution in [-0.2, 0) is 6.61 Å². The number of carbonyl (C=O) groups is 1. The van der Waals surface area contributed by atoms with E-state index in [0.29, 0.717) is 23.0 Å². The van der Waals surface area contributed by atoms with E-state index in [2.05, 4.69) is 26.0 Å². The maximum atomic E-state index is 12.6. The highest BCUT2D eigenvalue weighted by Crippen LogP contribution is 2.21. The fourth-order valence-electron chi connectivity index (χ4n) is 2.60. The highest BCUT2D eigenvalue weighted by atomic mass is 16.5. The largest absolute Gasteiger partial charge is 0.488 e. The standard InChI is InChI=1S/C19H21N5O3/c1-11-9-12(2)21-19(20-11)23-22-18(25)15-7-5-6-8-17(15)26-10-16-13(3)24-27-14(16)4/h5-9H,10H2,1-4H3,(H,22,25)(H,20,21,23). The second-order valence-electron chi connectivity index (χ2n) is 6.14. The van der Waals surface area contributed by atoms with E-state index in [9.17, 15) is 4.79 Å². The van der Waals surface area contributed by atoms with Gasteiger partial charge in [-0.25, -0.2) is 9.97 Å². The van der Waals surface area contributed by atoms with Crippen LogP contribution in [0.1, 0.15) is 38.8 Å². The maximum Gasteiger partial charge on any atom is 0.273 e. The Morgan fingerprint density at radius 2 is 1.81 bits per heavy atom. The smallest absolute Gasteiger partial charge is 0.273 e. The highest BCUT2D eigenvalue weighted by Gasteiger charge is 2.15.